The van der Waals surface area contributed by atoms with Crippen LogP contribution in [0.4, 0.5) is 0 Å². The monoisotopic (exact) mass is 518 g/mol. The lowest BCUT2D eigenvalue weighted by Crippen LogP contribution is -2.45. The summed E-state index contributed by atoms with van der Waals surface area (Å²) in [5.74, 6) is 0.0595. The molecule has 0 radical (unpaired) electrons. The summed E-state index contributed by atoms with van der Waals surface area (Å²) in [6, 6.07) is 14.3. The minimum absolute atomic E-state index is 0.0844. The van der Waals surface area contributed by atoms with Crippen molar-refractivity contribution in [1.29, 1.82) is 0 Å². The van der Waals surface area contributed by atoms with Crippen molar-refractivity contribution in [3.63, 3.8) is 0 Å². The zero-order valence-corrected chi connectivity index (χ0v) is 19.9. The number of rotatable bonds is 6. The van der Waals surface area contributed by atoms with Crippen LogP contribution in [0.15, 0.2) is 62.4 Å². The molecule has 3 aromatic rings. The fourth-order valence-corrected chi connectivity index (χ4v) is 5.54. The van der Waals surface area contributed by atoms with Crippen LogP contribution in [0.1, 0.15) is 24.3 Å². The van der Waals surface area contributed by atoms with Gasteiger partial charge in [0.05, 0.1) is 17.4 Å². The van der Waals surface area contributed by atoms with Gasteiger partial charge in [-0.3, -0.25) is 4.79 Å². The van der Waals surface area contributed by atoms with E-state index < -0.39 is 15.9 Å². The third kappa shape index (κ3) is 5.08. The van der Waals surface area contributed by atoms with Gasteiger partial charge < -0.3 is 9.84 Å². The standard InChI is InChI=1S/C22H23BrN4O4S/c1-15-7-9-19(10-8-15)32(29,30)27-11-3-5-17(14-27)22(28)24-13-20-25-21(26-31-20)16-4-2-6-18(23)12-16/h2,4,6-10,12,17H,3,5,11,13-14H2,1H3,(H,24,28)/t17-/m0/s1. The number of benzene rings is 2. The highest BCUT2D eigenvalue weighted by molar-refractivity contribution is 9.10. The Hall–Kier alpha value is -2.56. The van der Waals surface area contributed by atoms with Gasteiger partial charge >= 0.3 is 0 Å². The van der Waals surface area contributed by atoms with E-state index in [1.165, 1.54) is 4.31 Å². The van der Waals surface area contributed by atoms with E-state index in [9.17, 15) is 13.2 Å². The number of aromatic nitrogens is 2. The van der Waals surface area contributed by atoms with Crippen molar-refractivity contribution in [2.45, 2.75) is 31.2 Å². The summed E-state index contributed by atoms with van der Waals surface area (Å²) < 4.78 is 33.5. The lowest BCUT2D eigenvalue weighted by Gasteiger charge is -2.31. The molecule has 1 saturated heterocycles. The Morgan fingerprint density at radius 1 is 1.25 bits per heavy atom. The number of hydrogen-bond acceptors (Lipinski definition) is 6. The van der Waals surface area contributed by atoms with Crippen LogP contribution in [0.2, 0.25) is 0 Å². The molecule has 1 N–H and O–H groups in total. The van der Waals surface area contributed by atoms with E-state index in [4.69, 9.17) is 4.52 Å². The molecule has 2 aromatic carbocycles. The molecular formula is C22H23BrN4O4S. The Labute approximate surface area is 195 Å². The summed E-state index contributed by atoms with van der Waals surface area (Å²) in [6.07, 6.45) is 1.25. The smallest absolute Gasteiger partial charge is 0.246 e. The van der Waals surface area contributed by atoms with Crippen LogP contribution >= 0.6 is 15.9 Å². The molecule has 1 atom stereocenters. The summed E-state index contributed by atoms with van der Waals surface area (Å²) in [4.78, 5) is 17.3. The van der Waals surface area contributed by atoms with E-state index in [2.05, 4.69) is 31.4 Å². The number of hydrogen-bond donors (Lipinski definition) is 1. The normalized spacial score (nSPS) is 17.2. The fourth-order valence-electron chi connectivity index (χ4n) is 3.61. The van der Waals surface area contributed by atoms with Crippen LogP contribution in [-0.2, 0) is 21.4 Å². The highest BCUT2D eigenvalue weighted by Gasteiger charge is 2.33. The molecule has 32 heavy (non-hydrogen) atoms. The molecule has 0 saturated carbocycles. The van der Waals surface area contributed by atoms with Crippen LogP contribution in [0.3, 0.4) is 0 Å². The number of nitrogens with one attached hydrogen (secondary N) is 1. The van der Waals surface area contributed by atoms with Crippen molar-refractivity contribution >= 4 is 31.9 Å². The van der Waals surface area contributed by atoms with Crippen molar-refractivity contribution in [2.75, 3.05) is 13.1 Å². The zero-order chi connectivity index (χ0) is 22.7. The number of carbonyl (C=O) groups is 1. The van der Waals surface area contributed by atoms with E-state index in [0.29, 0.717) is 25.2 Å². The van der Waals surface area contributed by atoms with Gasteiger partial charge in [0.2, 0.25) is 27.6 Å². The van der Waals surface area contributed by atoms with Crippen molar-refractivity contribution in [3.8, 4) is 11.4 Å². The maximum Gasteiger partial charge on any atom is 0.246 e. The predicted molar refractivity (Wildman–Crippen MR) is 122 cm³/mol. The molecule has 0 bridgehead atoms. The maximum atomic E-state index is 13.0. The van der Waals surface area contributed by atoms with E-state index in [1.54, 1.807) is 24.3 Å². The van der Waals surface area contributed by atoms with Gasteiger partial charge in [-0.15, -0.1) is 0 Å². The van der Waals surface area contributed by atoms with Crippen LogP contribution < -0.4 is 5.32 Å². The van der Waals surface area contributed by atoms with Gasteiger partial charge in [-0.25, -0.2) is 8.42 Å². The molecule has 0 aliphatic carbocycles. The second kappa shape index (κ2) is 9.51. The van der Waals surface area contributed by atoms with Gasteiger partial charge in [-0.2, -0.15) is 9.29 Å². The Balaban J connectivity index is 1.37. The Morgan fingerprint density at radius 3 is 2.78 bits per heavy atom. The van der Waals surface area contributed by atoms with Gasteiger partial charge in [0, 0.05) is 23.1 Å². The molecule has 0 unspecified atom stereocenters. The number of piperidine rings is 1. The second-order valence-electron chi connectivity index (χ2n) is 7.76. The van der Waals surface area contributed by atoms with Gasteiger partial charge in [0.1, 0.15) is 0 Å². The third-order valence-electron chi connectivity index (χ3n) is 5.38. The van der Waals surface area contributed by atoms with Crippen LogP contribution in [0.5, 0.6) is 0 Å². The van der Waals surface area contributed by atoms with Gasteiger partial charge in [0.15, 0.2) is 0 Å². The molecular weight excluding hydrogens is 496 g/mol. The highest BCUT2D eigenvalue weighted by atomic mass is 79.9. The average molecular weight is 519 g/mol. The molecule has 1 aliphatic heterocycles. The van der Waals surface area contributed by atoms with Crippen molar-refractivity contribution in [1.82, 2.24) is 19.8 Å². The van der Waals surface area contributed by atoms with E-state index >= 15 is 0 Å². The fraction of sp³-hybridized carbons (Fsp3) is 0.318. The molecule has 0 spiro atoms. The highest BCUT2D eigenvalue weighted by Crippen LogP contribution is 2.24. The number of amides is 1. The predicted octanol–water partition coefficient (Wildman–Crippen LogP) is 3.52. The van der Waals surface area contributed by atoms with Gasteiger partial charge in [-0.05, 0) is 44.0 Å². The number of halogens is 1. The molecule has 10 heteroatoms. The number of carbonyl (C=O) groups excluding carboxylic acids is 1. The molecule has 168 valence electrons. The first-order valence-electron chi connectivity index (χ1n) is 10.3. The zero-order valence-electron chi connectivity index (χ0n) is 17.5. The molecule has 1 aliphatic rings. The third-order valence-corrected chi connectivity index (χ3v) is 7.75. The summed E-state index contributed by atoms with van der Waals surface area (Å²) in [5, 5.41) is 6.75. The minimum atomic E-state index is -3.63. The lowest BCUT2D eigenvalue weighted by atomic mass is 9.99. The quantitative estimate of drug-likeness (QED) is 0.535. The number of nitrogens with zero attached hydrogens (tertiary/aromatic N) is 3. The van der Waals surface area contributed by atoms with Crippen molar-refractivity contribution in [2.24, 2.45) is 5.92 Å². The van der Waals surface area contributed by atoms with Crippen molar-refractivity contribution in [3.05, 3.63) is 64.5 Å². The summed E-state index contributed by atoms with van der Waals surface area (Å²) in [7, 11) is -3.63. The summed E-state index contributed by atoms with van der Waals surface area (Å²) >= 11 is 3.41. The molecule has 1 aromatic heterocycles. The number of aryl methyl sites for hydroxylation is 1. The maximum absolute atomic E-state index is 13.0. The Kier molecular flexibility index (Phi) is 6.73. The first-order chi connectivity index (χ1) is 15.3. The molecule has 1 amide bonds. The summed E-state index contributed by atoms with van der Waals surface area (Å²) in [6.45, 7) is 2.54. The SMILES string of the molecule is Cc1ccc(S(=O)(=O)N2CCC[C@H](C(=O)NCc3nc(-c4cccc(Br)c4)no3)C2)cc1. The average Bonchev–Trinajstić information content (AvgIpc) is 3.27. The van der Waals surface area contributed by atoms with Gasteiger partial charge in [0.25, 0.3) is 0 Å². The Morgan fingerprint density at radius 2 is 2.03 bits per heavy atom. The first kappa shape index (κ1) is 22.6. The van der Waals surface area contributed by atoms with Crippen molar-refractivity contribution < 1.29 is 17.7 Å². The molecule has 8 nitrogen and oxygen atoms in total. The van der Waals surface area contributed by atoms with E-state index in [0.717, 1.165) is 15.6 Å². The lowest BCUT2D eigenvalue weighted by molar-refractivity contribution is -0.126. The second-order valence-corrected chi connectivity index (χ2v) is 10.6. The summed E-state index contributed by atoms with van der Waals surface area (Å²) in [5.41, 5.74) is 1.79. The minimum Gasteiger partial charge on any atom is -0.347 e. The first-order valence-corrected chi connectivity index (χ1v) is 12.5. The Bertz CT molecular complexity index is 1210. The molecule has 4 rings (SSSR count). The van der Waals surface area contributed by atoms with E-state index in [1.807, 2.05) is 31.2 Å². The molecule has 2 heterocycles. The van der Waals surface area contributed by atoms with Crippen LogP contribution in [-0.4, -0.2) is 41.9 Å². The van der Waals surface area contributed by atoms with Gasteiger partial charge in [-0.1, -0.05) is 50.9 Å². The van der Waals surface area contributed by atoms with E-state index in [-0.39, 0.29) is 29.8 Å². The topological polar surface area (TPSA) is 105 Å². The largest absolute Gasteiger partial charge is 0.347 e. The van der Waals surface area contributed by atoms with Crippen LogP contribution in [0, 0.1) is 12.8 Å². The molecule has 1 fully saturated rings. The number of sulfonamides is 1. The van der Waals surface area contributed by atoms with Crippen LogP contribution in [0.25, 0.3) is 11.4 Å².